The highest BCUT2D eigenvalue weighted by atomic mass is 32.1. The van der Waals surface area contributed by atoms with Crippen LogP contribution in [0.5, 0.6) is 5.75 Å². The number of carbonyl (C=O) groups is 1. The van der Waals surface area contributed by atoms with Crippen LogP contribution in [0.15, 0.2) is 18.2 Å². The van der Waals surface area contributed by atoms with E-state index in [0.717, 1.165) is 12.0 Å². The SMILES string of the molecule is Cc1ccc(O)c(NC(=S)NC(=O)CCC2CCCCC2)c1. The van der Waals surface area contributed by atoms with Crippen LogP contribution in [0.1, 0.15) is 50.5 Å². The number of aromatic hydroxyl groups is 1. The van der Waals surface area contributed by atoms with Crippen LogP contribution in [0.3, 0.4) is 0 Å². The lowest BCUT2D eigenvalue weighted by Crippen LogP contribution is -2.34. The Kier molecular flexibility index (Phi) is 6.19. The maximum absolute atomic E-state index is 11.9. The fraction of sp³-hybridized carbons (Fsp3) is 0.529. The van der Waals surface area contributed by atoms with Crippen LogP contribution in [0.4, 0.5) is 5.69 Å². The number of amides is 1. The van der Waals surface area contributed by atoms with E-state index in [0.29, 0.717) is 18.0 Å². The first-order valence-corrected chi connectivity index (χ1v) is 8.36. The molecule has 0 atom stereocenters. The number of benzene rings is 1. The van der Waals surface area contributed by atoms with Crippen molar-refractivity contribution in [2.45, 2.75) is 51.9 Å². The van der Waals surface area contributed by atoms with Crippen LogP contribution in [-0.2, 0) is 4.79 Å². The summed E-state index contributed by atoms with van der Waals surface area (Å²) < 4.78 is 0. The zero-order valence-electron chi connectivity index (χ0n) is 13.0. The minimum Gasteiger partial charge on any atom is -0.506 e. The molecule has 120 valence electrons. The number of aryl methyl sites for hydroxylation is 1. The Labute approximate surface area is 137 Å². The molecule has 22 heavy (non-hydrogen) atoms. The van der Waals surface area contributed by atoms with Crippen molar-refractivity contribution in [1.29, 1.82) is 0 Å². The average Bonchev–Trinajstić information content (AvgIpc) is 2.50. The molecule has 0 spiro atoms. The summed E-state index contributed by atoms with van der Waals surface area (Å²) in [6, 6.07) is 5.20. The van der Waals surface area contributed by atoms with Gasteiger partial charge < -0.3 is 15.7 Å². The fourth-order valence-corrected chi connectivity index (χ4v) is 3.13. The van der Waals surface area contributed by atoms with E-state index in [4.69, 9.17) is 12.2 Å². The number of carbonyl (C=O) groups excluding carboxylic acids is 1. The van der Waals surface area contributed by atoms with E-state index in [9.17, 15) is 9.90 Å². The summed E-state index contributed by atoms with van der Waals surface area (Å²) in [6.07, 6.45) is 7.84. The molecule has 1 saturated carbocycles. The zero-order chi connectivity index (χ0) is 15.9. The van der Waals surface area contributed by atoms with Gasteiger partial charge in [-0.25, -0.2) is 0 Å². The van der Waals surface area contributed by atoms with E-state index in [1.807, 2.05) is 13.0 Å². The molecule has 1 fully saturated rings. The van der Waals surface area contributed by atoms with E-state index in [-0.39, 0.29) is 16.8 Å². The van der Waals surface area contributed by atoms with Crippen molar-refractivity contribution in [2.24, 2.45) is 5.92 Å². The number of hydrogen-bond donors (Lipinski definition) is 3. The first-order chi connectivity index (χ1) is 10.5. The molecule has 0 heterocycles. The lowest BCUT2D eigenvalue weighted by molar-refractivity contribution is -0.120. The monoisotopic (exact) mass is 320 g/mol. The molecule has 1 aromatic rings. The van der Waals surface area contributed by atoms with Gasteiger partial charge in [-0.3, -0.25) is 4.79 Å². The van der Waals surface area contributed by atoms with Crippen LogP contribution in [0, 0.1) is 12.8 Å². The molecule has 1 aliphatic carbocycles. The molecule has 0 aromatic heterocycles. The van der Waals surface area contributed by atoms with E-state index in [1.54, 1.807) is 12.1 Å². The summed E-state index contributed by atoms with van der Waals surface area (Å²) in [6.45, 7) is 1.93. The molecule has 1 aromatic carbocycles. The van der Waals surface area contributed by atoms with Gasteiger partial charge in [-0.05, 0) is 49.2 Å². The standard InChI is InChI=1S/C17H24N2O2S/c1-12-7-9-15(20)14(11-12)18-17(22)19-16(21)10-8-13-5-3-2-4-6-13/h7,9,11,13,20H,2-6,8,10H2,1H3,(H2,18,19,21,22). The highest BCUT2D eigenvalue weighted by Gasteiger charge is 2.15. The van der Waals surface area contributed by atoms with Gasteiger partial charge in [0.05, 0.1) is 5.69 Å². The second-order valence-electron chi connectivity index (χ2n) is 6.07. The summed E-state index contributed by atoms with van der Waals surface area (Å²) in [5, 5.41) is 15.5. The maximum Gasteiger partial charge on any atom is 0.226 e. The topological polar surface area (TPSA) is 61.4 Å². The van der Waals surface area contributed by atoms with Crippen LogP contribution >= 0.6 is 12.2 Å². The van der Waals surface area contributed by atoms with Gasteiger partial charge in [-0.1, -0.05) is 38.2 Å². The van der Waals surface area contributed by atoms with Gasteiger partial charge in [-0.15, -0.1) is 0 Å². The molecule has 0 saturated heterocycles. The predicted octanol–water partition coefficient (Wildman–Crippen LogP) is 3.87. The summed E-state index contributed by atoms with van der Waals surface area (Å²) >= 11 is 5.13. The van der Waals surface area contributed by atoms with Crippen LogP contribution in [0.25, 0.3) is 0 Å². The van der Waals surface area contributed by atoms with Gasteiger partial charge in [0, 0.05) is 6.42 Å². The molecular weight excluding hydrogens is 296 g/mol. The van der Waals surface area contributed by atoms with E-state index in [2.05, 4.69) is 10.6 Å². The molecule has 1 aliphatic rings. The van der Waals surface area contributed by atoms with Crippen molar-refractivity contribution in [3.63, 3.8) is 0 Å². The Hall–Kier alpha value is -1.62. The van der Waals surface area contributed by atoms with Crippen molar-refractivity contribution < 1.29 is 9.90 Å². The number of phenols is 1. The Morgan fingerprint density at radius 3 is 2.77 bits per heavy atom. The minimum atomic E-state index is -0.0600. The fourth-order valence-electron chi connectivity index (χ4n) is 2.90. The second-order valence-corrected chi connectivity index (χ2v) is 6.47. The van der Waals surface area contributed by atoms with Gasteiger partial charge in [0.2, 0.25) is 5.91 Å². The molecule has 2 rings (SSSR count). The first kappa shape index (κ1) is 16.7. The van der Waals surface area contributed by atoms with E-state index in [1.165, 1.54) is 32.1 Å². The van der Waals surface area contributed by atoms with Crippen LogP contribution in [0.2, 0.25) is 0 Å². The molecule has 4 nitrogen and oxygen atoms in total. The molecule has 5 heteroatoms. The van der Waals surface area contributed by atoms with Crippen LogP contribution in [-0.4, -0.2) is 16.1 Å². The summed E-state index contributed by atoms with van der Waals surface area (Å²) in [5.41, 5.74) is 1.52. The number of phenolic OH excluding ortho intramolecular Hbond substituents is 1. The lowest BCUT2D eigenvalue weighted by atomic mass is 9.86. The van der Waals surface area contributed by atoms with Crippen molar-refractivity contribution in [1.82, 2.24) is 5.32 Å². The molecule has 1 amide bonds. The molecular formula is C17H24N2O2S. The number of anilines is 1. The second kappa shape index (κ2) is 8.13. The lowest BCUT2D eigenvalue weighted by Gasteiger charge is -2.21. The Bertz CT molecular complexity index is 539. The average molecular weight is 320 g/mol. The summed E-state index contributed by atoms with van der Waals surface area (Å²) in [5.74, 6) is 0.737. The largest absolute Gasteiger partial charge is 0.506 e. The third-order valence-corrected chi connectivity index (χ3v) is 4.36. The Morgan fingerprint density at radius 1 is 1.32 bits per heavy atom. The number of thiocarbonyl (C=S) groups is 1. The van der Waals surface area contributed by atoms with Crippen molar-refractivity contribution >= 4 is 28.9 Å². The summed E-state index contributed by atoms with van der Waals surface area (Å²) in [7, 11) is 0. The molecule has 0 radical (unpaired) electrons. The third kappa shape index (κ3) is 5.30. The number of hydrogen-bond acceptors (Lipinski definition) is 3. The molecule has 0 unspecified atom stereocenters. The quantitative estimate of drug-likeness (QED) is 0.582. The summed E-state index contributed by atoms with van der Waals surface area (Å²) in [4.78, 5) is 11.9. The highest BCUT2D eigenvalue weighted by Crippen LogP contribution is 2.27. The normalized spacial score (nSPS) is 15.3. The zero-order valence-corrected chi connectivity index (χ0v) is 13.8. The predicted molar refractivity (Wildman–Crippen MR) is 93.0 cm³/mol. The van der Waals surface area contributed by atoms with Crippen LogP contribution < -0.4 is 10.6 Å². The van der Waals surface area contributed by atoms with Gasteiger partial charge in [-0.2, -0.15) is 0 Å². The number of rotatable bonds is 4. The van der Waals surface area contributed by atoms with Gasteiger partial charge in [0.1, 0.15) is 5.75 Å². The third-order valence-electron chi connectivity index (χ3n) is 4.16. The molecule has 0 aliphatic heterocycles. The highest BCUT2D eigenvalue weighted by molar-refractivity contribution is 7.80. The minimum absolute atomic E-state index is 0.0600. The smallest absolute Gasteiger partial charge is 0.226 e. The first-order valence-electron chi connectivity index (χ1n) is 7.95. The Balaban J connectivity index is 1.76. The van der Waals surface area contributed by atoms with E-state index < -0.39 is 0 Å². The van der Waals surface area contributed by atoms with Gasteiger partial charge in [0.25, 0.3) is 0 Å². The maximum atomic E-state index is 11.9. The number of nitrogens with one attached hydrogen (secondary N) is 2. The molecule has 3 N–H and O–H groups in total. The van der Waals surface area contributed by atoms with Gasteiger partial charge >= 0.3 is 0 Å². The van der Waals surface area contributed by atoms with Crippen molar-refractivity contribution in [3.8, 4) is 5.75 Å². The van der Waals surface area contributed by atoms with E-state index >= 15 is 0 Å². The van der Waals surface area contributed by atoms with Crippen molar-refractivity contribution in [2.75, 3.05) is 5.32 Å². The van der Waals surface area contributed by atoms with Crippen molar-refractivity contribution in [3.05, 3.63) is 23.8 Å². The van der Waals surface area contributed by atoms with Gasteiger partial charge in [0.15, 0.2) is 5.11 Å². The Morgan fingerprint density at radius 2 is 2.05 bits per heavy atom. The molecule has 0 bridgehead atoms.